The molecule has 152 valence electrons. The summed E-state index contributed by atoms with van der Waals surface area (Å²) >= 11 is 1.46. The van der Waals surface area contributed by atoms with Crippen LogP contribution in [0.5, 0.6) is 5.75 Å². The van der Waals surface area contributed by atoms with Crippen molar-refractivity contribution in [3.05, 3.63) is 35.3 Å². The zero-order chi connectivity index (χ0) is 20.7. The molecule has 0 radical (unpaired) electrons. The molecule has 2 aliphatic heterocycles. The van der Waals surface area contributed by atoms with Gasteiger partial charge in [-0.2, -0.15) is 5.26 Å². The number of nitriles is 1. The van der Waals surface area contributed by atoms with E-state index in [4.69, 9.17) is 25.2 Å². The van der Waals surface area contributed by atoms with E-state index in [9.17, 15) is 5.26 Å². The molecule has 0 amide bonds. The molecule has 3 aromatic rings. The Kier molecular flexibility index (Phi) is 4.53. The van der Waals surface area contributed by atoms with E-state index >= 15 is 0 Å². The summed E-state index contributed by atoms with van der Waals surface area (Å²) in [6.45, 7) is 2.48. The van der Waals surface area contributed by atoms with E-state index in [1.807, 2.05) is 11.4 Å². The quantitative estimate of drug-likeness (QED) is 0.686. The topological polar surface area (TPSA) is 110 Å². The molecule has 8 nitrogen and oxygen atoms in total. The Labute approximate surface area is 177 Å². The SMILES string of the molecule is COc1cc(-c2nc(-c3nccs3)cc(N)c2C#N)nc(N2CCC3(CCO3)C2)c1. The minimum absolute atomic E-state index is 0.0455. The molecule has 3 aromatic heterocycles. The predicted molar refractivity (Wildman–Crippen MR) is 114 cm³/mol. The first-order valence-electron chi connectivity index (χ1n) is 9.67. The van der Waals surface area contributed by atoms with E-state index in [1.165, 1.54) is 11.3 Å². The first kappa shape index (κ1) is 18.8. The Morgan fingerprint density at radius 2 is 2.13 bits per heavy atom. The monoisotopic (exact) mass is 420 g/mol. The lowest BCUT2D eigenvalue weighted by Crippen LogP contribution is -2.46. The third-order valence-corrected chi connectivity index (χ3v) is 6.48. The van der Waals surface area contributed by atoms with Crippen molar-refractivity contribution in [3.8, 4) is 33.9 Å². The number of rotatable bonds is 4. The molecule has 1 spiro atoms. The average Bonchev–Trinajstić information content (AvgIpc) is 3.43. The van der Waals surface area contributed by atoms with Gasteiger partial charge in [-0.15, -0.1) is 11.3 Å². The van der Waals surface area contributed by atoms with Gasteiger partial charge in [0, 0.05) is 43.2 Å². The van der Waals surface area contributed by atoms with Gasteiger partial charge in [-0.1, -0.05) is 0 Å². The van der Waals surface area contributed by atoms with E-state index in [-0.39, 0.29) is 5.60 Å². The number of aromatic nitrogens is 3. The van der Waals surface area contributed by atoms with Crippen LogP contribution < -0.4 is 15.4 Å². The lowest BCUT2D eigenvalue weighted by molar-refractivity contribution is -0.130. The molecule has 0 bridgehead atoms. The highest BCUT2D eigenvalue weighted by Crippen LogP contribution is 2.39. The highest BCUT2D eigenvalue weighted by Gasteiger charge is 2.44. The number of ether oxygens (including phenoxy) is 2. The number of thiazole rings is 1. The van der Waals surface area contributed by atoms with Crippen molar-refractivity contribution in [2.24, 2.45) is 0 Å². The fourth-order valence-corrected chi connectivity index (χ4v) is 4.57. The number of pyridine rings is 2. The van der Waals surface area contributed by atoms with E-state index in [2.05, 4.69) is 16.0 Å². The highest BCUT2D eigenvalue weighted by atomic mass is 32.1. The van der Waals surface area contributed by atoms with E-state index in [0.29, 0.717) is 34.1 Å². The molecule has 2 aliphatic rings. The van der Waals surface area contributed by atoms with Crippen molar-refractivity contribution in [2.75, 3.05) is 37.4 Å². The molecule has 2 fully saturated rings. The molecule has 1 unspecified atom stereocenters. The Bertz CT molecular complexity index is 1140. The van der Waals surface area contributed by atoms with Crippen LogP contribution in [-0.4, -0.2) is 47.4 Å². The van der Waals surface area contributed by atoms with Gasteiger partial charge in [0.2, 0.25) is 0 Å². The average molecular weight is 420 g/mol. The minimum atomic E-state index is -0.0455. The fourth-order valence-electron chi connectivity index (χ4n) is 3.97. The smallest absolute Gasteiger partial charge is 0.141 e. The minimum Gasteiger partial charge on any atom is -0.497 e. The van der Waals surface area contributed by atoms with Crippen molar-refractivity contribution in [1.29, 1.82) is 5.26 Å². The van der Waals surface area contributed by atoms with Gasteiger partial charge in [0.25, 0.3) is 0 Å². The largest absolute Gasteiger partial charge is 0.497 e. The summed E-state index contributed by atoms with van der Waals surface area (Å²) < 4.78 is 11.4. The van der Waals surface area contributed by atoms with Crippen molar-refractivity contribution >= 4 is 22.8 Å². The Balaban J connectivity index is 1.61. The number of nitrogens with zero attached hydrogens (tertiary/aromatic N) is 5. The zero-order valence-electron chi connectivity index (χ0n) is 16.5. The van der Waals surface area contributed by atoms with E-state index in [1.54, 1.807) is 25.4 Å². The number of nitrogen functional groups attached to an aromatic ring is 1. The van der Waals surface area contributed by atoms with Gasteiger partial charge in [0.15, 0.2) is 0 Å². The third-order valence-electron chi connectivity index (χ3n) is 5.68. The van der Waals surface area contributed by atoms with Crippen LogP contribution in [0.1, 0.15) is 18.4 Å². The molecule has 0 saturated carbocycles. The summed E-state index contributed by atoms with van der Waals surface area (Å²) in [6, 6.07) is 7.54. The molecule has 2 saturated heterocycles. The van der Waals surface area contributed by atoms with Crippen LogP contribution in [0.4, 0.5) is 11.5 Å². The first-order chi connectivity index (χ1) is 14.6. The molecule has 1 atom stereocenters. The van der Waals surface area contributed by atoms with Crippen LogP contribution in [0.15, 0.2) is 29.8 Å². The number of anilines is 2. The predicted octanol–water partition coefficient (Wildman–Crippen LogP) is 3.10. The van der Waals surface area contributed by atoms with Crippen molar-refractivity contribution in [3.63, 3.8) is 0 Å². The van der Waals surface area contributed by atoms with Gasteiger partial charge in [0.1, 0.15) is 39.6 Å². The van der Waals surface area contributed by atoms with Gasteiger partial charge < -0.3 is 20.1 Å². The van der Waals surface area contributed by atoms with Crippen LogP contribution >= 0.6 is 11.3 Å². The van der Waals surface area contributed by atoms with Gasteiger partial charge in [-0.3, -0.25) is 0 Å². The molecule has 5 rings (SSSR count). The molecule has 0 aromatic carbocycles. The second-order valence-corrected chi connectivity index (χ2v) is 8.37. The number of nitrogens with two attached hydrogens (primary N) is 1. The van der Waals surface area contributed by atoms with E-state index in [0.717, 1.165) is 43.4 Å². The van der Waals surface area contributed by atoms with Gasteiger partial charge >= 0.3 is 0 Å². The molecule has 9 heteroatoms. The second-order valence-electron chi connectivity index (χ2n) is 7.47. The lowest BCUT2D eigenvalue weighted by atomic mass is 9.94. The summed E-state index contributed by atoms with van der Waals surface area (Å²) in [5.74, 6) is 1.43. The van der Waals surface area contributed by atoms with Gasteiger partial charge in [-0.25, -0.2) is 15.0 Å². The molecule has 2 N–H and O–H groups in total. The summed E-state index contributed by atoms with van der Waals surface area (Å²) in [6.07, 6.45) is 3.77. The van der Waals surface area contributed by atoms with Crippen LogP contribution in [-0.2, 0) is 4.74 Å². The molecule has 30 heavy (non-hydrogen) atoms. The van der Waals surface area contributed by atoms with Crippen LogP contribution in [0.25, 0.3) is 22.1 Å². The molecular weight excluding hydrogens is 400 g/mol. The Hall–Kier alpha value is -3.22. The Morgan fingerprint density at radius 1 is 1.27 bits per heavy atom. The summed E-state index contributed by atoms with van der Waals surface area (Å²) in [5.41, 5.74) is 8.38. The van der Waals surface area contributed by atoms with E-state index < -0.39 is 0 Å². The third kappa shape index (κ3) is 3.14. The standard InChI is InChI=1S/C21H20N6O2S/c1-28-13-8-16(25-18(9-13)27-5-2-21(12-27)3-6-29-21)19-14(11-22)15(23)10-17(26-19)20-24-4-7-30-20/h4,7-10H,2-3,5-6,12H2,1H3,(H2,23,26). The first-order valence-corrected chi connectivity index (χ1v) is 10.5. The maximum Gasteiger partial charge on any atom is 0.141 e. The van der Waals surface area contributed by atoms with Crippen molar-refractivity contribution < 1.29 is 9.47 Å². The lowest BCUT2D eigenvalue weighted by Gasteiger charge is -2.38. The molecule has 0 aliphatic carbocycles. The highest BCUT2D eigenvalue weighted by molar-refractivity contribution is 7.13. The normalized spacial score (nSPS) is 20.2. The number of methoxy groups -OCH3 is 1. The van der Waals surface area contributed by atoms with Crippen LogP contribution in [0.3, 0.4) is 0 Å². The van der Waals surface area contributed by atoms with Crippen molar-refractivity contribution in [1.82, 2.24) is 15.0 Å². The van der Waals surface area contributed by atoms with Crippen LogP contribution in [0, 0.1) is 11.3 Å². The second kappa shape index (κ2) is 7.23. The van der Waals surface area contributed by atoms with Crippen molar-refractivity contribution in [2.45, 2.75) is 18.4 Å². The maximum atomic E-state index is 9.73. The number of hydrogen-bond acceptors (Lipinski definition) is 9. The van der Waals surface area contributed by atoms with Gasteiger partial charge in [-0.05, 0) is 12.5 Å². The maximum absolute atomic E-state index is 9.73. The summed E-state index contributed by atoms with van der Waals surface area (Å²) in [7, 11) is 1.61. The Morgan fingerprint density at radius 3 is 2.77 bits per heavy atom. The molecular formula is C21H20N6O2S. The molecule has 5 heterocycles. The zero-order valence-corrected chi connectivity index (χ0v) is 17.3. The van der Waals surface area contributed by atoms with Crippen LogP contribution in [0.2, 0.25) is 0 Å². The fraction of sp³-hybridized carbons (Fsp3) is 0.333. The summed E-state index contributed by atoms with van der Waals surface area (Å²) in [5, 5.41) is 12.3. The van der Waals surface area contributed by atoms with Gasteiger partial charge in [0.05, 0.1) is 30.7 Å². The number of hydrogen-bond donors (Lipinski definition) is 1. The summed E-state index contributed by atoms with van der Waals surface area (Å²) in [4.78, 5) is 16.0.